The van der Waals surface area contributed by atoms with Gasteiger partial charge in [0.2, 0.25) is 0 Å². The van der Waals surface area contributed by atoms with Crippen molar-refractivity contribution in [3.05, 3.63) is 28.0 Å². The van der Waals surface area contributed by atoms with E-state index in [1.807, 2.05) is 0 Å². The highest BCUT2D eigenvalue weighted by molar-refractivity contribution is 6.30. The standard InChI is InChI=1S/C10H11Cl2NO2/c1-3-15-10(14)7-4-6(2)9(12)13-8(7)5-11/h4H,3,5H2,1-2H3. The first-order chi connectivity index (χ1) is 7.10. The van der Waals surface area contributed by atoms with Crippen LogP contribution >= 0.6 is 23.2 Å². The predicted octanol–water partition coefficient (Wildman–Crippen LogP) is 2.96. The lowest BCUT2D eigenvalue weighted by atomic mass is 10.1. The lowest BCUT2D eigenvalue weighted by molar-refractivity contribution is 0.0524. The summed E-state index contributed by atoms with van der Waals surface area (Å²) in [7, 11) is 0. The van der Waals surface area contributed by atoms with Crippen molar-refractivity contribution in [2.75, 3.05) is 6.61 Å². The van der Waals surface area contributed by atoms with Crippen molar-refractivity contribution < 1.29 is 9.53 Å². The van der Waals surface area contributed by atoms with Crippen LogP contribution in [0.25, 0.3) is 0 Å². The lowest BCUT2D eigenvalue weighted by Gasteiger charge is -2.07. The van der Waals surface area contributed by atoms with Gasteiger partial charge in [-0.05, 0) is 25.5 Å². The Morgan fingerprint density at radius 3 is 2.80 bits per heavy atom. The van der Waals surface area contributed by atoms with Crippen molar-refractivity contribution >= 4 is 29.2 Å². The van der Waals surface area contributed by atoms with Crippen molar-refractivity contribution in [1.82, 2.24) is 4.98 Å². The van der Waals surface area contributed by atoms with Crippen molar-refractivity contribution in [2.24, 2.45) is 0 Å². The van der Waals surface area contributed by atoms with Crippen molar-refractivity contribution in [1.29, 1.82) is 0 Å². The molecule has 0 N–H and O–H groups in total. The highest BCUT2D eigenvalue weighted by Crippen LogP contribution is 2.19. The highest BCUT2D eigenvalue weighted by atomic mass is 35.5. The van der Waals surface area contributed by atoms with Gasteiger partial charge in [0.25, 0.3) is 0 Å². The molecule has 1 rings (SSSR count). The van der Waals surface area contributed by atoms with Crippen LogP contribution in [0.15, 0.2) is 6.07 Å². The van der Waals surface area contributed by atoms with E-state index in [-0.39, 0.29) is 5.88 Å². The predicted molar refractivity (Wildman–Crippen MR) is 59.5 cm³/mol. The minimum Gasteiger partial charge on any atom is -0.462 e. The van der Waals surface area contributed by atoms with Gasteiger partial charge >= 0.3 is 5.97 Å². The molecule has 1 heterocycles. The molecule has 0 atom stereocenters. The average molecular weight is 248 g/mol. The van der Waals surface area contributed by atoms with E-state index < -0.39 is 5.97 Å². The van der Waals surface area contributed by atoms with Gasteiger partial charge in [0.15, 0.2) is 0 Å². The third-order valence-corrected chi connectivity index (χ3v) is 2.49. The molecule has 0 unspecified atom stereocenters. The molecule has 0 fully saturated rings. The highest BCUT2D eigenvalue weighted by Gasteiger charge is 2.15. The fourth-order valence-corrected chi connectivity index (χ4v) is 1.47. The van der Waals surface area contributed by atoms with Gasteiger partial charge in [-0.25, -0.2) is 9.78 Å². The van der Waals surface area contributed by atoms with E-state index in [1.165, 1.54) is 0 Å². The van der Waals surface area contributed by atoms with E-state index in [9.17, 15) is 4.79 Å². The molecule has 0 saturated carbocycles. The fraction of sp³-hybridized carbons (Fsp3) is 0.400. The zero-order valence-corrected chi connectivity index (χ0v) is 10.0. The number of carbonyl (C=O) groups is 1. The number of rotatable bonds is 3. The second-order valence-electron chi connectivity index (χ2n) is 2.94. The van der Waals surface area contributed by atoms with Crippen LogP contribution < -0.4 is 0 Å². The molecule has 3 nitrogen and oxygen atoms in total. The third kappa shape index (κ3) is 2.83. The molecule has 82 valence electrons. The summed E-state index contributed by atoms with van der Waals surface area (Å²) in [4.78, 5) is 15.6. The second-order valence-corrected chi connectivity index (χ2v) is 3.57. The normalized spacial score (nSPS) is 10.1. The first kappa shape index (κ1) is 12.3. The van der Waals surface area contributed by atoms with Crippen LogP contribution in [0.1, 0.15) is 28.5 Å². The first-order valence-electron chi connectivity index (χ1n) is 4.49. The molecule has 0 aliphatic heterocycles. The monoisotopic (exact) mass is 247 g/mol. The van der Waals surface area contributed by atoms with Gasteiger partial charge in [-0.2, -0.15) is 0 Å². The lowest BCUT2D eigenvalue weighted by Crippen LogP contribution is -2.09. The van der Waals surface area contributed by atoms with Crippen LogP contribution in [0, 0.1) is 6.92 Å². The summed E-state index contributed by atoms with van der Waals surface area (Å²) in [5, 5.41) is 0.360. The molecule has 15 heavy (non-hydrogen) atoms. The smallest absolute Gasteiger partial charge is 0.340 e. The number of aryl methyl sites for hydroxylation is 1. The molecule has 0 aliphatic rings. The Morgan fingerprint density at radius 1 is 1.60 bits per heavy atom. The molecular weight excluding hydrogens is 237 g/mol. The number of nitrogens with zero attached hydrogens (tertiary/aromatic N) is 1. The molecule has 5 heteroatoms. The maximum Gasteiger partial charge on any atom is 0.340 e. The summed E-state index contributed by atoms with van der Waals surface area (Å²) in [5.41, 5.74) is 1.56. The number of pyridine rings is 1. The first-order valence-corrected chi connectivity index (χ1v) is 5.40. The number of alkyl halides is 1. The van der Waals surface area contributed by atoms with Crippen LogP contribution in [-0.4, -0.2) is 17.6 Å². The van der Waals surface area contributed by atoms with Gasteiger partial charge in [-0.3, -0.25) is 0 Å². The Hall–Kier alpha value is -0.800. The Labute approximate surface area is 98.4 Å². The quantitative estimate of drug-likeness (QED) is 0.469. The number of hydrogen-bond donors (Lipinski definition) is 0. The van der Waals surface area contributed by atoms with Crippen LogP contribution in [0.2, 0.25) is 5.15 Å². The minimum absolute atomic E-state index is 0.133. The maximum absolute atomic E-state index is 11.5. The van der Waals surface area contributed by atoms with Gasteiger partial charge < -0.3 is 4.74 Å². The van der Waals surface area contributed by atoms with Gasteiger partial charge in [0, 0.05) is 0 Å². The van der Waals surface area contributed by atoms with Crippen molar-refractivity contribution in [2.45, 2.75) is 19.7 Å². The summed E-state index contributed by atoms with van der Waals surface area (Å²) in [6, 6.07) is 1.64. The number of halogens is 2. The van der Waals surface area contributed by atoms with E-state index in [2.05, 4.69) is 4.98 Å². The maximum atomic E-state index is 11.5. The summed E-state index contributed by atoms with van der Waals surface area (Å²) in [5.74, 6) is -0.283. The number of hydrogen-bond acceptors (Lipinski definition) is 3. The van der Waals surface area contributed by atoms with E-state index >= 15 is 0 Å². The summed E-state index contributed by atoms with van der Waals surface area (Å²) in [6.45, 7) is 3.84. The zero-order valence-electron chi connectivity index (χ0n) is 8.51. The molecule has 0 amide bonds. The topological polar surface area (TPSA) is 39.2 Å². The van der Waals surface area contributed by atoms with Crippen molar-refractivity contribution in [3.63, 3.8) is 0 Å². The Kier molecular flexibility index (Phi) is 4.36. The largest absolute Gasteiger partial charge is 0.462 e. The number of aromatic nitrogens is 1. The molecule has 1 aromatic heterocycles. The molecule has 0 aliphatic carbocycles. The Balaban J connectivity index is 3.15. The van der Waals surface area contributed by atoms with Crippen LogP contribution in [0.4, 0.5) is 0 Å². The molecule has 0 spiro atoms. The SMILES string of the molecule is CCOC(=O)c1cc(C)c(Cl)nc1CCl. The fourth-order valence-electron chi connectivity index (χ4n) is 1.11. The minimum atomic E-state index is -0.416. The molecule has 0 aromatic carbocycles. The van der Waals surface area contributed by atoms with E-state index in [4.69, 9.17) is 27.9 Å². The van der Waals surface area contributed by atoms with Gasteiger partial charge in [-0.1, -0.05) is 11.6 Å². The van der Waals surface area contributed by atoms with Gasteiger partial charge in [-0.15, -0.1) is 11.6 Å². The number of carbonyl (C=O) groups excluding carboxylic acids is 1. The van der Waals surface area contributed by atoms with Gasteiger partial charge in [0.05, 0.1) is 23.7 Å². The molecule has 0 radical (unpaired) electrons. The third-order valence-electron chi connectivity index (χ3n) is 1.85. The number of ether oxygens (including phenoxy) is 1. The Morgan fingerprint density at radius 2 is 2.27 bits per heavy atom. The molecule has 0 saturated heterocycles. The summed E-state index contributed by atoms with van der Waals surface area (Å²) >= 11 is 11.5. The molecule has 1 aromatic rings. The summed E-state index contributed by atoms with van der Waals surface area (Å²) in [6.07, 6.45) is 0. The van der Waals surface area contributed by atoms with Crippen LogP contribution in [0.3, 0.4) is 0 Å². The Bertz CT molecular complexity index is 380. The van der Waals surface area contributed by atoms with Crippen LogP contribution in [0.5, 0.6) is 0 Å². The van der Waals surface area contributed by atoms with E-state index in [1.54, 1.807) is 19.9 Å². The van der Waals surface area contributed by atoms with Crippen LogP contribution in [-0.2, 0) is 10.6 Å². The number of esters is 1. The van der Waals surface area contributed by atoms with E-state index in [0.717, 1.165) is 5.56 Å². The molecule has 0 bridgehead atoms. The second kappa shape index (κ2) is 5.33. The van der Waals surface area contributed by atoms with E-state index in [0.29, 0.717) is 23.0 Å². The molecular formula is C10H11Cl2NO2. The summed E-state index contributed by atoms with van der Waals surface area (Å²) < 4.78 is 4.88. The van der Waals surface area contributed by atoms with Gasteiger partial charge in [0.1, 0.15) is 5.15 Å². The average Bonchev–Trinajstić information content (AvgIpc) is 2.21. The van der Waals surface area contributed by atoms with Crippen molar-refractivity contribution in [3.8, 4) is 0 Å². The zero-order chi connectivity index (χ0) is 11.4.